The van der Waals surface area contributed by atoms with Gasteiger partial charge in [-0.25, -0.2) is 0 Å². The summed E-state index contributed by atoms with van der Waals surface area (Å²) in [4.78, 5) is 0. The van der Waals surface area contributed by atoms with Crippen molar-refractivity contribution < 1.29 is 4.74 Å². The number of rotatable bonds is 6. The lowest BCUT2D eigenvalue weighted by molar-refractivity contribution is -0.0367. The van der Waals surface area contributed by atoms with Gasteiger partial charge in [-0.3, -0.25) is 0 Å². The highest BCUT2D eigenvalue weighted by atomic mass is 16.5. The molecule has 0 spiro atoms. The maximum absolute atomic E-state index is 5.14. The predicted octanol–water partition coefficient (Wildman–Crippen LogP) is 3.24. The zero-order valence-corrected chi connectivity index (χ0v) is 8.51. The quantitative estimate of drug-likeness (QED) is 0.594. The van der Waals surface area contributed by atoms with Crippen LogP contribution in [-0.4, -0.2) is 13.2 Å². The van der Waals surface area contributed by atoms with Gasteiger partial charge in [0.2, 0.25) is 0 Å². The Balaban J connectivity index is 1.86. The Morgan fingerprint density at radius 2 is 2.08 bits per heavy atom. The van der Waals surface area contributed by atoms with Gasteiger partial charge in [-0.05, 0) is 12.3 Å². The molecule has 1 aliphatic heterocycles. The van der Waals surface area contributed by atoms with Crippen molar-refractivity contribution in [1.29, 1.82) is 0 Å². The molecule has 72 valence electrons. The molecule has 0 N–H and O–H groups in total. The van der Waals surface area contributed by atoms with Gasteiger partial charge in [-0.2, -0.15) is 0 Å². The molecule has 12 heavy (non-hydrogen) atoms. The topological polar surface area (TPSA) is 9.23 Å². The van der Waals surface area contributed by atoms with E-state index in [1.807, 2.05) is 0 Å². The Kier molecular flexibility index (Phi) is 4.67. The molecule has 1 unspecified atom stereocenters. The standard InChI is InChI=1S/C11H22O/c1-3-5-10(2)6-4-7-11-8-12-9-11/h10-11H,3-9H2,1-2H3. The molecule has 0 aromatic heterocycles. The van der Waals surface area contributed by atoms with E-state index >= 15 is 0 Å². The van der Waals surface area contributed by atoms with Crippen molar-refractivity contribution in [3.8, 4) is 0 Å². The van der Waals surface area contributed by atoms with Crippen LogP contribution >= 0.6 is 0 Å². The first kappa shape index (κ1) is 10.0. The van der Waals surface area contributed by atoms with Gasteiger partial charge in [-0.15, -0.1) is 0 Å². The average Bonchev–Trinajstić information content (AvgIpc) is 1.95. The summed E-state index contributed by atoms with van der Waals surface area (Å²) in [6.45, 7) is 6.71. The smallest absolute Gasteiger partial charge is 0.0516 e. The van der Waals surface area contributed by atoms with Crippen molar-refractivity contribution in [3.63, 3.8) is 0 Å². The highest BCUT2D eigenvalue weighted by Crippen LogP contribution is 2.20. The summed E-state index contributed by atoms with van der Waals surface area (Å²) in [5.74, 6) is 1.84. The van der Waals surface area contributed by atoms with Crippen molar-refractivity contribution in [2.45, 2.75) is 46.0 Å². The lowest BCUT2D eigenvalue weighted by Gasteiger charge is -2.26. The zero-order chi connectivity index (χ0) is 8.81. The van der Waals surface area contributed by atoms with Crippen LogP contribution in [0.1, 0.15) is 46.0 Å². The number of ether oxygens (including phenoxy) is 1. The van der Waals surface area contributed by atoms with Gasteiger partial charge in [0.25, 0.3) is 0 Å². The summed E-state index contributed by atoms with van der Waals surface area (Å²) >= 11 is 0. The molecule has 1 fully saturated rings. The molecule has 0 aliphatic carbocycles. The fourth-order valence-corrected chi connectivity index (χ4v) is 1.84. The fourth-order valence-electron chi connectivity index (χ4n) is 1.84. The van der Waals surface area contributed by atoms with Crippen molar-refractivity contribution in [2.24, 2.45) is 11.8 Å². The monoisotopic (exact) mass is 170 g/mol. The Morgan fingerprint density at radius 1 is 1.33 bits per heavy atom. The summed E-state index contributed by atoms with van der Waals surface area (Å²) in [6, 6.07) is 0. The Labute approximate surface area is 76.5 Å². The molecule has 1 aliphatic rings. The van der Waals surface area contributed by atoms with Crippen LogP contribution in [0.4, 0.5) is 0 Å². The molecule has 0 radical (unpaired) electrons. The second kappa shape index (κ2) is 5.58. The minimum Gasteiger partial charge on any atom is -0.381 e. The summed E-state index contributed by atoms with van der Waals surface area (Å²) in [5, 5.41) is 0. The Hall–Kier alpha value is -0.0400. The minimum absolute atomic E-state index is 0.902. The van der Waals surface area contributed by atoms with Gasteiger partial charge in [0.15, 0.2) is 0 Å². The Morgan fingerprint density at radius 3 is 2.58 bits per heavy atom. The summed E-state index contributed by atoms with van der Waals surface area (Å²) in [5.41, 5.74) is 0. The summed E-state index contributed by atoms with van der Waals surface area (Å²) in [7, 11) is 0. The van der Waals surface area contributed by atoms with Crippen LogP contribution < -0.4 is 0 Å². The molecule has 1 atom stereocenters. The first-order chi connectivity index (χ1) is 5.83. The molecular formula is C11H22O. The second-order valence-corrected chi connectivity index (χ2v) is 4.23. The molecule has 1 rings (SSSR count). The Bertz CT molecular complexity index is 108. The molecule has 1 heteroatoms. The normalized spacial score (nSPS) is 20.5. The van der Waals surface area contributed by atoms with E-state index in [9.17, 15) is 0 Å². The largest absolute Gasteiger partial charge is 0.381 e. The van der Waals surface area contributed by atoms with E-state index in [1.54, 1.807) is 0 Å². The zero-order valence-electron chi connectivity index (χ0n) is 8.51. The molecule has 1 heterocycles. The van der Waals surface area contributed by atoms with E-state index in [1.165, 1.54) is 32.1 Å². The van der Waals surface area contributed by atoms with Crippen LogP contribution in [0.25, 0.3) is 0 Å². The summed E-state index contributed by atoms with van der Waals surface area (Å²) in [6.07, 6.45) is 6.97. The van der Waals surface area contributed by atoms with Gasteiger partial charge in [0.1, 0.15) is 0 Å². The molecule has 0 bridgehead atoms. The molecule has 0 amide bonds. The third-order valence-corrected chi connectivity index (χ3v) is 2.80. The average molecular weight is 170 g/mol. The van der Waals surface area contributed by atoms with Gasteiger partial charge in [0, 0.05) is 5.92 Å². The number of hydrogen-bond donors (Lipinski definition) is 0. The van der Waals surface area contributed by atoms with Crippen molar-refractivity contribution in [2.75, 3.05) is 13.2 Å². The first-order valence-corrected chi connectivity index (χ1v) is 5.40. The lowest BCUT2D eigenvalue weighted by atomic mass is 9.94. The SMILES string of the molecule is CCCC(C)CCCC1COC1. The fraction of sp³-hybridized carbons (Fsp3) is 1.00. The van der Waals surface area contributed by atoms with E-state index in [2.05, 4.69) is 13.8 Å². The highest BCUT2D eigenvalue weighted by molar-refractivity contribution is 4.65. The van der Waals surface area contributed by atoms with Crippen molar-refractivity contribution >= 4 is 0 Å². The maximum Gasteiger partial charge on any atom is 0.0516 e. The van der Waals surface area contributed by atoms with E-state index in [-0.39, 0.29) is 0 Å². The molecule has 0 saturated carbocycles. The predicted molar refractivity (Wildman–Crippen MR) is 52.2 cm³/mol. The van der Waals surface area contributed by atoms with Crippen molar-refractivity contribution in [3.05, 3.63) is 0 Å². The highest BCUT2D eigenvalue weighted by Gasteiger charge is 2.17. The van der Waals surface area contributed by atoms with Crippen LogP contribution in [0.3, 0.4) is 0 Å². The van der Waals surface area contributed by atoms with Crippen molar-refractivity contribution in [1.82, 2.24) is 0 Å². The van der Waals surface area contributed by atoms with Gasteiger partial charge < -0.3 is 4.74 Å². The van der Waals surface area contributed by atoms with Crippen LogP contribution in [0.5, 0.6) is 0 Å². The summed E-state index contributed by atoms with van der Waals surface area (Å²) < 4.78 is 5.14. The van der Waals surface area contributed by atoms with Crippen LogP contribution in [0.15, 0.2) is 0 Å². The second-order valence-electron chi connectivity index (χ2n) is 4.23. The molecule has 0 aromatic carbocycles. The van der Waals surface area contributed by atoms with Crippen LogP contribution in [0.2, 0.25) is 0 Å². The first-order valence-electron chi connectivity index (χ1n) is 5.40. The van der Waals surface area contributed by atoms with Crippen LogP contribution in [-0.2, 0) is 4.74 Å². The maximum atomic E-state index is 5.14. The van der Waals surface area contributed by atoms with Gasteiger partial charge >= 0.3 is 0 Å². The molecule has 1 saturated heterocycles. The number of hydrogen-bond acceptors (Lipinski definition) is 1. The minimum atomic E-state index is 0.902. The van der Waals surface area contributed by atoms with Gasteiger partial charge in [-0.1, -0.05) is 39.5 Å². The van der Waals surface area contributed by atoms with E-state index < -0.39 is 0 Å². The molecule has 1 nitrogen and oxygen atoms in total. The van der Waals surface area contributed by atoms with E-state index in [0.29, 0.717) is 0 Å². The van der Waals surface area contributed by atoms with E-state index in [0.717, 1.165) is 25.0 Å². The molecule has 0 aromatic rings. The van der Waals surface area contributed by atoms with Gasteiger partial charge in [0.05, 0.1) is 13.2 Å². The third-order valence-electron chi connectivity index (χ3n) is 2.80. The lowest BCUT2D eigenvalue weighted by Crippen LogP contribution is -2.27. The molecular weight excluding hydrogens is 148 g/mol. The van der Waals surface area contributed by atoms with E-state index in [4.69, 9.17) is 4.74 Å². The third kappa shape index (κ3) is 3.57. The van der Waals surface area contributed by atoms with Crippen LogP contribution in [0, 0.1) is 11.8 Å².